The van der Waals surface area contributed by atoms with Crippen LogP contribution in [-0.4, -0.2) is 69.0 Å². The number of rotatable bonds is 16. The molecule has 9 nitrogen and oxygen atoms in total. The summed E-state index contributed by atoms with van der Waals surface area (Å²) in [5, 5.41) is 45.8. The molecule has 2 amide bonds. The highest BCUT2D eigenvalue weighted by atomic mass is 16.6. The number of amides is 2. The van der Waals surface area contributed by atoms with E-state index < -0.39 is 42.5 Å². The summed E-state index contributed by atoms with van der Waals surface area (Å²) in [5.74, 6) is -2.00. The van der Waals surface area contributed by atoms with Gasteiger partial charge in [-0.2, -0.15) is 0 Å². The van der Waals surface area contributed by atoms with Crippen LogP contribution < -0.4 is 11.1 Å². The minimum atomic E-state index is -0.885. The van der Waals surface area contributed by atoms with Gasteiger partial charge in [-0.25, -0.2) is 4.79 Å². The highest BCUT2D eigenvalue weighted by Gasteiger charge is 2.39. The number of ether oxygens (including phenoxy) is 1. The van der Waals surface area contributed by atoms with Crippen LogP contribution in [0.5, 0.6) is 0 Å². The van der Waals surface area contributed by atoms with Crippen LogP contribution in [0, 0.1) is 41.4 Å². The van der Waals surface area contributed by atoms with Crippen LogP contribution in [0.4, 0.5) is 4.79 Å². The number of aliphatic hydroxyl groups is 4. The van der Waals surface area contributed by atoms with Crippen LogP contribution >= 0.6 is 0 Å². The zero-order chi connectivity index (χ0) is 32.3. The number of primary amides is 1. The number of nitrogens with one attached hydrogen (secondary N) is 1. The second-order valence-corrected chi connectivity index (χ2v) is 12.6. The summed E-state index contributed by atoms with van der Waals surface area (Å²) in [6.45, 7) is 18.6. The van der Waals surface area contributed by atoms with Crippen molar-refractivity contribution >= 4 is 12.0 Å². The standard InChI is InChI=1S/C33H56N2O7/c1-10-11-12-20(4)31(42-33(34)41)24(8)29(38)22(6)16-18(2)15-21(5)28(37)19(3)13-14-26(36)17-27-23(7)30(39)25(9)32(40)35-27/h10-15,19-31,36-39H,1,16-17H2,2-9H3,(H2,34,41)(H,35,40)/b12-11-,14-13-,18-15-/t19-,20-,21-,22-,23-,24-,25+,26+,27-,28-,29+,30-,31-/m0/s1. The molecule has 0 unspecified atom stereocenters. The van der Waals surface area contributed by atoms with Crippen molar-refractivity contribution in [1.82, 2.24) is 5.32 Å². The molecule has 0 radical (unpaired) electrons. The molecule has 0 bridgehead atoms. The van der Waals surface area contributed by atoms with E-state index in [9.17, 15) is 30.0 Å². The molecule has 0 aromatic heterocycles. The lowest BCUT2D eigenvalue weighted by atomic mass is 9.81. The summed E-state index contributed by atoms with van der Waals surface area (Å²) in [4.78, 5) is 23.6. The fourth-order valence-corrected chi connectivity index (χ4v) is 5.95. The summed E-state index contributed by atoms with van der Waals surface area (Å²) in [6.07, 6.45) is 6.99. The second-order valence-electron chi connectivity index (χ2n) is 12.6. The molecule has 0 aromatic carbocycles. The van der Waals surface area contributed by atoms with Crippen LogP contribution in [0.15, 0.2) is 48.6 Å². The molecular weight excluding hydrogens is 536 g/mol. The van der Waals surface area contributed by atoms with Gasteiger partial charge in [0.2, 0.25) is 5.91 Å². The van der Waals surface area contributed by atoms with Crippen molar-refractivity contribution in [3.8, 4) is 0 Å². The highest BCUT2D eigenvalue weighted by Crippen LogP contribution is 2.29. The van der Waals surface area contributed by atoms with E-state index in [0.29, 0.717) is 6.42 Å². The summed E-state index contributed by atoms with van der Waals surface area (Å²) in [5.41, 5.74) is 6.31. The molecular formula is C33H56N2O7. The molecule has 240 valence electrons. The molecule has 0 saturated carbocycles. The maximum atomic E-state index is 12.1. The van der Waals surface area contributed by atoms with Crippen molar-refractivity contribution < 1.29 is 34.8 Å². The number of aliphatic hydroxyl groups excluding tert-OH is 4. The summed E-state index contributed by atoms with van der Waals surface area (Å²) in [6, 6.07) is -0.336. The van der Waals surface area contributed by atoms with Crippen molar-refractivity contribution in [2.24, 2.45) is 47.2 Å². The maximum absolute atomic E-state index is 12.1. The fraction of sp³-hybridized carbons (Fsp3) is 0.697. The second kappa shape index (κ2) is 17.6. The van der Waals surface area contributed by atoms with E-state index in [2.05, 4.69) is 11.9 Å². The van der Waals surface area contributed by atoms with Crippen LogP contribution in [0.3, 0.4) is 0 Å². The van der Waals surface area contributed by atoms with Gasteiger partial charge in [0.15, 0.2) is 0 Å². The third-order valence-corrected chi connectivity index (χ3v) is 8.79. The van der Waals surface area contributed by atoms with Gasteiger partial charge in [-0.3, -0.25) is 4.79 Å². The summed E-state index contributed by atoms with van der Waals surface area (Å²) in [7, 11) is 0. The predicted molar refractivity (Wildman–Crippen MR) is 166 cm³/mol. The zero-order valence-electron chi connectivity index (χ0n) is 26.7. The minimum absolute atomic E-state index is 0.146. The number of hydrogen-bond acceptors (Lipinski definition) is 7. The smallest absolute Gasteiger partial charge is 0.404 e. The lowest BCUT2D eigenvalue weighted by Crippen LogP contribution is -2.56. The predicted octanol–water partition coefficient (Wildman–Crippen LogP) is 3.87. The van der Waals surface area contributed by atoms with E-state index in [0.717, 1.165) is 5.57 Å². The average molecular weight is 593 g/mol. The van der Waals surface area contributed by atoms with Gasteiger partial charge < -0.3 is 36.2 Å². The lowest BCUT2D eigenvalue weighted by molar-refractivity contribution is -0.136. The van der Waals surface area contributed by atoms with Gasteiger partial charge in [0.1, 0.15) is 6.10 Å². The molecule has 9 heteroatoms. The Bertz CT molecular complexity index is 964. The van der Waals surface area contributed by atoms with Crippen LogP contribution in [-0.2, 0) is 9.53 Å². The molecule has 7 N–H and O–H groups in total. The van der Waals surface area contributed by atoms with Crippen molar-refractivity contribution in [2.75, 3.05) is 0 Å². The molecule has 0 spiro atoms. The molecule has 42 heavy (non-hydrogen) atoms. The molecule has 0 aliphatic carbocycles. The Morgan fingerprint density at radius 3 is 2.21 bits per heavy atom. The number of piperidine rings is 1. The first-order chi connectivity index (χ1) is 19.5. The third-order valence-electron chi connectivity index (χ3n) is 8.79. The quantitative estimate of drug-likeness (QED) is 0.117. The molecule has 1 aliphatic heterocycles. The van der Waals surface area contributed by atoms with Crippen molar-refractivity contribution in [2.45, 2.75) is 105 Å². The largest absolute Gasteiger partial charge is 0.445 e. The maximum Gasteiger partial charge on any atom is 0.404 e. The monoisotopic (exact) mass is 592 g/mol. The molecule has 0 aromatic rings. The van der Waals surface area contributed by atoms with Gasteiger partial charge in [0.25, 0.3) is 0 Å². The first-order valence-corrected chi connectivity index (χ1v) is 15.1. The number of carbonyl (C=O) groups is 2. The third kappa shape index (κ3) is 11.3. The van der Waals surface area contributed by atoms with E-state index >= 15 is 0 Å². The number of carbonyl (C=O) groups excluding carboxylic acids is 2. The highest BCUT2D eigenvalue weighted by molar-refractivity contribution is 5.80. The Kier molecular flexibility index (Phi) is 15.7. The Balaban J connectivity index is 2.76. The van der Waals surface area contributed by atoms with Crippen LogP contribution in [0.1, 0.15) is 68.2 Å². The zero-order valence-corrected chi connectivity index (χ0v) is 26.7. The van der Waals surface area contributed by atoms with Crippen LogP contribution in [0.25, 0.3) is 0 Å². The van der Waals surface area contributed by atoms with Gasteiger partial charge in [-0.05, 0) is 25.7 Å². The summed E-state index contributed by atoms with van der Waals surface area (Å²) >= 11 is 0. The first kappa shape index (κ1) is 37.6. The molecule has 1 saturated heterocycles. The van der Waals surface area contributed by atoms with Crippen molar-refractivity contribution in [3.05, 3.63) is 48.6 Å². The van der Waals surface area contributed by atoms with E-state index in [-0.39, 0.29) is 53.9 Å². The van der Waals surface area contributed by atoms with Crippen molar-refractivity contribution in [3.63, 3.8) is 0 Å². The molecule has 1 fully saturated rings. The average Bonchev–Trinajstić information content (AvgIpc) is 2.93. The minimum Gasteiger partial charge on any atom is -0.445 e. The molecule has 13 atom stereocenters. The van der Waals surface area contributed by atoms with E-state index in [4.69, 9.17) is 10.5 Å². The van der Waals surface area contributed by atoms with E-state index in [1.165, 1.54) is 0 Å². The van der Waals surface area contributed by atoms with Gasteiger partial charge >= 0.3 is 6.09 Å². The van der Waals surface area contributed by atoms with Crippen molar-refractivity contribution in [1.29, 1.82) is 0 Å². The van der Waals surface area contributed by atoms with E-state index in [1.54, 1.807) is 31.2 Å². The Hall–Kier alpha value is -2.46. The Labute approximate surface area is 252 Å². The lowest BCUT2D eigenvalue weighted by Gasteiger charge is -2.38. The van der Waals surface area contributed by atoms with Gasteiger partial charge in [-0.15, -0.1) is 0 Å². The van der Waals surface area contributed by atoms with Gasteiger partial charge in [0.05, 0.1) is 30.3 Å². The van der Waals surface area contributed by atoms with Gasteiger partial charge in [0, 0.05) is 35.6 Å². The first-order valence-electron chi connectivity index (χ1n) is 15.1. The molecule has 1 rings (SSSR count). The Morgan fingerprint density at radius 2 is 1.64 bits per heavy atom. The number of nitrogens with two attached hydrogens (primary N) is 1. The van der Waals surface area contributed by atoms with E-state index in [1.807, 2.05) is 60.6 Å². The van der Waals surface area contributed by atoms with Crippen LogP contribution in [0.2, 0.25) is 0 Å². The normalized spacial score (nSPS) is 28.3. The fourth-order valence-electron chi connectivity index (χ4n) is 5.95. The SMILES string of the molecule is C=C/C=C\[C@H](C)[C@H](OC(N)=O)[C@@H](C)[C@H](O)[C@@H](C)C/C(C)=C\[C@H](C)[C@@H](O)[C@@H](C)/C=C\[C@@H](O)C[C@@H]1NC(=O)[C@H](C)[C@@H](O)[C@H]1C. The number of allylic oxidation sites excluding steroid dienone is 3. The Morgan fingerprint density at radius 1 is 1.02 bits per heavy atom. The molecule has 1 aliphatic rings. The number of hydrogen-bond donors (Lipinski definition) is 6. The van der Waals surface area contributed by atoms with Gasteiger partial charge in [-0.1, -0.05) is 97.1 Å². The molecule has 1 heterocycles. The topological polar surface area (TPSA) is 162 Å². The summed E-state index contributed by atoms with van der Waals surface area (Å²) < 4.78 is 5.36.